The average molecular weight is 215 g/mol. The van der Waals surface area contributed by atoms with E-state index in [1.165, 1.54) is 5.56 Å². The van der Waals surface area contributed by atoms with E-state index in [-0.39, 0.29) is 0 Å². The van der Waals surface area contributed by atoms with Gasteiger partial charge in [-0.05, 0) is 28.5 Å². The summed E-state index contributed by atoms with van der Waals surface area (Å²) >= 11 is 1.71. The molecule has 0 aliphatic rings. The molecule has 3 rings (SSSR count). The van der Waals surface area contributed by atoms with Gasteiger partial charge in [-0.1, -0.05) is 0 Å². The molecule has 4 heteroatoms. The zero-order valence-electron chi connectivity index (χ0n) is 7.97. The predicted molar refractivity (Wildman–Crippen MR) is 61.0 cm³/mol. The Labute approximate surface area is 90.8 Å². The molecule has 1 N–H and O–H groups in total. The zero-order valence-corrected chi connectivity index (χ0v) is 8.79. The summed E-state index contributed by atoms with van der Waals surface area (Å²) < 4.78 is 0. The number of aromatic nitrogens is 3. The molecule has 3 aromatic rings. The van der Waals surface area contributed by atoms with E-state index in [1.807, 2.05) is 6.07 Å². The Bertz CT molecular complexity index is 535. The maximum atomic E-state index is 4.50. The van der Waals surface area contributed by atoms with Gasteiger partial charge in [-0.2, -0.15) is 11.3 Å². The Morgan fingerprint density at radius 3 is 3.13 bits per heavy atom. The lowest BCUT2D eigenvalue weighted by Gasteiger charge is -1.90. The van der Waals surface area contributed by atoms with Gasteiger partial charge < -0.3 is 4.98 Å². The van der Waals surface area contributed by atoms with Crippen LogP contribution in [-0.4, -0.2) is 15.0 Å². The summed E-state index contributed by atoms with van der Waals surface area (Å²) in [7, 11) is 0. The summed E-state index contributed by atoms with van der Waals surface area (Å²) in [6.07, 6.45) is 4.43. The van der Waals surface area contributed by atoms with Crippen molar-refractivity contribution in [1.29, 1.82) is 0 Å². The average Bonchev–Trinajstić information content (AvgIpc) is 2.86. The summed E-state index contributed by atoms with van der Waals surface area (Å²) in [6.45, 7) is 0. The van der Waals surface area contributed by atoms with E-state index in [0.717, 1.165) is 23.3 Å². The fraction of sp³-hybridized carbons (Fsp3) is 0.0909. The zero-order chi connectivity index (χ0) is 10.1. The fourth-order valence-electron chi connectivity index (χ4n) is 1.58. The maximum absolute atomic E-state index is 4.50. The molecule has 0 aliphatic carbocycles. The van der Waals surface area contributed by atoms with Gasteiger partial charge in [0.1, 0.15) is 5.82 Å². The van der Waals surface area contributed by atoms with Crippen molar-refractivity contribution in [3.8, 4) is 0 Å². The Hall–Kier alpha value is -1.68. The number of H-pyrrole nitrogens is 1. The molecule has 0 unspecified atom stereocenters. The van der Waals surface area contributed by atoms with Gasteiger partial charge in [0.25, 0.3) is 0 Å². The smallest absolute Gasteiger partial charge is 0.111 e. The van der Waals surface area contributed by atoms with Crippen LogP contribution in [0.25, 0.3) is 11.0 Å². The second-order valence-electron chi connectivity index (χ2n) is 3.38. The molecular weight excluding hydrogens is 206 g/mol. The first-order chi connectivity index (χ1) is 7.42. The van der Waals surface area contributed by atoms with E-state index in [9.17, 15) is 0 Å². The lowest BCUT2D eigenvalue weighted by Crippen LogP contribution is -1.87. The Balaban J connectivity index is 1.98. The number of thiophene rings is 1. The quantitative estimate of drug-likeness (QED) is 0.714. The number of aromatic amines is 1. The highest BCUT2D eigenvalue weighted by Crippen LogP contribution is 2.14. The first kappa shape index (κ1) is 8.61. The molecule has 0 radical (unpaired) electrons. The summed E-state index contributed by atoms with van der Waals surface area (Å²) in [4.78, 5) is 11.8. The van der Waals surface area contributed by atoms with Crippen LogP contribution in [0.2, 0.25) is 0 Å². The minimum absolute atomic E-state index is 0.859. The molecule has 0 spiro atoms. The lowest BCUT2D eigenvalue weighted by molar-refractivity contribution is 1.04. The van der Waals surface area contributed by atoms with Crippen LogP contribution in [0.3, 0.4) is 0 Å². The van der Waals surface area contributed by atoms with Gasteiger partial charge in [-0.25, -0.2) is 4.98 Å². The third-order valence-electron chi connectivity index (χ3n) is 2.28. The molecule has 0 amide bonds. The topological polar surface area (TPSA) is 41.6 Å². The molecule has 0 atom stereocenters. The summed E-state index contributed by atoms with van der Waals surface area (Å²) in [5.74, 6) is 0.997. The van der Waals surface area contributed by atoms with Crippen LogP contribution in [0, 0.1) is 0 Å². The van der Waals surface area contributed by atoms with Crippen molar-refractivity contribution >= 4 is 22.4 Å². The Morgan fingerprint density at radius 1 is 1.33 bits per heavy atom. The molecule has 0 saturated heterocycles. The number of nitrogens with one attached hydrogen (secondary N) is 1. The van der Waals surface area contributed by atoms with E-state index in [1.54, 1.807) is 23.7 Å². The third kappa shape index (κ3) is 1.64. The molecule has 0 fully saturated rings. The maximum Gasteiger partial charge on any atom is 0.111 e. The largest absolute Gasteiger partial charge is 0.340 e. The predicted octanol–water partition coefficient (Wildman–Crippen LogP) is 2.61. The number of rotatable bonds is 2. The molecular formula is C11H9N3S. The van der Waals surface area contributed by atoms with Gasteiger partial charge in [0.05, 0.1) is 17.2 Å². The van der Waals surface area contributed by atoms with Crippen molar-refractivity contribution in [2.24, 2.45) is 0 Å². The number of hydrogen-bond acceptors (Lipinski definition) is 3. The molecule has 0 saturated carbocycles. The summed E-state index contributed by atoms with van der Waals surface area (Å²) in [5, 5.41) is 4.23. The molecule has 0 aliphatic heterocycles. The van der Waals surface area contributed by atoms with E-state index < -0.39 is 0 Å². The van der Waals surface area contributed by atoms with Crippen molar-refractivity contribution in [1.82, 2.24) is 15.0 Å². The van der Waals surface area contributed by atoms with Crippen molar-refractivity contribution in [2.75, 3.05) is 0 Å². The lowest BCUT2D eigenvalue weighted by atomic mass is 10.2. The fourth-order valence-corrected chi connectivity index (χ4v) is 2.25. The Kier molecular flexibility index (Phi) is 1.99. The van der Waals surface area contributed by atoms with Gasteiger partial charge in [0.2, 0.25) is 0 Å². The molecule has 74 valence electrons. The van der Waals surface area contributed by atoms with E-state index in [4.69, 9.17) is 0 Å². The summed E-state index contributed by atoms with van der Waals surface area (Å²) in [6, 6.07) is 4.04. The second kappa shape index (κ2) is 3.47. The van der Waals surface area contributed by atoms with E-state index in [0.29, 0.717) is 0 Å². The number of hydrogen-bond donors (Lipinski definition) is 1. The third-order valence-corrected chi connectivity index (χ3v) is 3.02. The monoisotopic (exact) mass is 215 g/mol. The van der Waals surface area contributed by atoms with Crippen LogP contribution in [0.1, 0.15) is 11.4 Å². The molecule has 3 nitrogen and oxygen atoms in total. The number of pyridine rings is 1. The number of nitrogens with zero attached hydrogens (tertiary/aromatic N) is 2. The van der Waals surface area contributed by atoms with Gasteiger partial charge in [0, 0.05) is 12.6 Å². The van der Waals surface area contributed by atoms with Crippen molar-refractivity contribution in [2.45, 2.75) is 6.42 Å². The van der Waals surface area contributed by atoms with E-state index in [2.05, 4.69) is 31.8 Å². The van der Waals surface area contributed by atoms with Gasteiger partial charge >= 0.3 is 0 Å². The van der Waals surface area contributed by atoms with Crippen molar-refractivity contribution < 1.29 is 0 Å². The van der Waals surface area contributed by atoms with E-state index >= 15 is 0 Å². The van der Waals surface area contributed by atoms with Gasteiger partial charge in [-0.15, -0.1) is 0 Å². The van der Waals surface area contributed by atoms with Gasteiger partial charge in [-0.3, -0.25) is 4.98 Å². The van der Waals surface area contributed by atoms with Crippen molar-refractivity contribution in [3.63, 3.8) is 0 Å². The highest BCUT2D eigenvalue weighted by molar-refractivity contribution is 7.07. The minimum atomic E-state index is 0.859. The highest BCUT2D eigenvalue weighted by atomic mass is 32.1. The molecule has 15 heavy (non-hydrogen) atoms. The molecule has 3 aromatic heterocycles. The second-order valence-corrected chi connectivity index (χ2v) is 4.16. The minimum Gasteiger partial charge on any atom is -0.340 e. The standard InChI is InChI=1S/C11H9N3S/c1-3-12-6-10-9(1)13-11(14-10)5-8-2-4-15-7-8/h1-4,6-7H,5H2,(H,13,14). The molecule has 0 aromatic carbocycles. The number of imidazole rings is 1. The van der Waals surface area contributed by atoms with Crippen LogP contribution in [0.5, 0.6) is 0 Å². The van der Waals surface area contributed by atoms with Crippen molar-refractivity contribution in [3.05, 3.63) is 46.7 Å². The van der Waals surface area contributed by atoms with Crippen LogP contribution in [0.15, 0.2) is 35.3 Å². The highest BCUT2D eigenvalue weighted by Gasteiger charge is 2.03. The molecule has 3 heterocycles. The van der Waals surface area contributed by atoms with Crippen LogP contribution in [-0.2, 0) is 6.42 Å². The molecule has 0 bridgehead atoms. The van der Waals surface area contributed by atoms with Gasteiger partial charge in [0.15, 0.2) is 0 Å². The first-order valence-electron chi connectivity index (χ1n) is 4.71. The van der Waals surface area contributed by atoms with Crippen LogP contribution < -0.4 is 0 Å². The first-order valence-corrected chi connectivity index (χ1v) is 5.66. The summed E-state index contributed by atoms with van der Waals surface area (Å²) in [5.41, 5.74) is 3.28. The van der Waals surface area contributed by atoms with Crippen LogP contribution >= 0.6 is 11.3 Å². The SMILES string of the molecule is c1cc2nc(Cc3ccsc3)[nH]c2cn1. The number of fused-ring (bicyclic) bond motifs is 1. The Morgan fingerprint density at radius 2 is 2.33 bits per heavy atom. The van der Waals surface area contributed by atoms with Crippen LogP contribution in [0.4, 0.5) is 0 Å². The normalized spacial score (nSPS) is 10.9.